The van der Waals surface area contributed by atoms with Gasteiger partial charge in [-0.15, -0.1) is 0 Å². The van der Waals surface area contributed by atoms with Crippen molar-refractivity contribution in [3.05, 3.63) is 27.2 Å². The van der Waals surface area contributed by atoms with Gasteiger partial charge >= 0.3 is 0 Å². The van der Waals surface area contributed by atoms with Crippen molar-refractivity contribution in [3.63, 3.8) is 0 Å². The second kappa shape index (κ2) is 7.09. The van der Waals surface area contributed by atoms with Crippen molar-refractivity contribution in [1.29, 1.82) is 0 Å². The third-order valence-electron chi connectivity index (χ3n) is 3.49. The van der Waals surface area contributed by atoms with Crippen molar-refractivity contribution in [3.8, 4) is 5.75 Å². The van der Waals surface area contributed by atoms with E-state index in [1.54, 1.807) is 7.11 Å². The van der Waals surface area contributed by atoms with E-state index >= 15 is 0 Å². The van der Waals surface area contributed by atoms with Crippen LogP contribution in [0.1, 0.15) is 42.5 Å². The van der Waals surface area contributed by atoms with Crippen molar-refractivity contribution in [2.75, 3.05) is 7.11 Å². The van der Waals surface area contributed by atoms with Gasteiger partial charge in [0.15, 0.2) is 0 Å². The highest BCUT2D eigenvalue weighted by Crippen LogP contribution is 2.37. The highest BCUT2D eigenvalue weighted by atomic mass is 79.9. The number of benzene rings is 1. The minimum absolute atomic E-state index is 0.144. The number of nitrogens with two attached hydrogens (primary N) is 2. The molecule has 1 aromatic carbocycles. The van der Waals surface area contributed by atoms with E-state index in [1.165, 1.54) is 0 Å². The molecule has 0 radical (unpaired) electrons. The van der Waals surface area contributed by atoms with E-state index in [1.807, 2.05) is 26.8 Å². The Hall–Kier alpha value is -1.07. The van der Waals surface area contributed by atoms with Crippen LogP contribution in [-0.2, 0) is 4.79 Å². The Balaban J connectivity index is 3.08. The van der Waals surface area contributed by atoms with Crippen molar-refractivity contribution < 1.29 is 9.53 Å². The summed E-state index contributed by atoms with van der Waals surface area (Å²) in [7, 11) is 1.65. The Kier molecular flexibility index (Phi) is 6.02. The number of ether oxygens (including phenoxy) is 1. The minimum Gasteiger partial charge on any atom is -0.496 e. The van der Waals surface area contributed by atoms with Gasteiger partial charge in [0.2, 0.25) is 5.91 Å². The van der Waals surface area contributed by atoms with E-state index in [4.69, 9.17) is 16.2 Å². The molecule has 0 bridgehead atoms. The summed E-state index contributed by atoms with van der Waals surface area (Å²) in [5.74, 6) is 0.675. The standard InChI is InChI=1S/C15H23BrN2O2/c1-8(6-13(18)19)5-12(17)14-10(3)11(16)7-9(2)15(14)20-4/h7-8,12H,5-6,17H2,1-4H3,(H2,18,19). The first-order chi connectivity index (χ1) is 9.27. The molecule has 0 aliphatic rings. The summed E-state index contributed by atoms with van der Waals surface area (Å²) in [6.45, 7) is 5.99. The van der Waals surface area contributed by atoms with E-state index in [-0.39, 0.29) is 17.9 Å². The number of amides is 1. The first kappa shape index (κ1) is 17.0. The lowest BCUT2D eigenvalue weighted by Crippen LogP contribution is -2.21. The van der Waals surface area contributed by atoms with Crippen LogP contribution in [0.2, 0.25) is 0 Å². The summed E-state index contributed by atoms with van der Waals surface area (Å²) >= 11 is 3.55. The van der Waals surface area contributed by atoms with E-state index in [2.05, 4.69) is 15.9 Å². The highest BCUT2D eigenvalue weighted by molar-refractivity contribution is 9.10. The maximum Gasteiger partial charge on any atom is 0.217 e. The van der Waals surface area contributed by atoms with Crippen LogP contribution >= 0.6 is 15.9 Å². The maximum absolute atomic E-state index is 11.0. The highest BCUT2D eigenvalue weighted by Gasteiger charge is 2.21. The molecule has 20 heavy (non-hydrogen) atoms. The second-order valence-corrected chi connectivity index (χ2v) is 6.22. The average molecular weight is 343 g/mol. The van der Waals surface area contributed by atoms with Crippen LogP contribution in [-0.4, -0.2) is 13.0 Å². The van der Waals surface area contributed by atoms with Crippen LogP contribution in [0.5, 0.6) is 5.75 Å². The van der Waals surface area contributed by atoms with E-state index in [0.717, 1.165) is 26.9 Å². The van der Waals surface area contributed by atoms with Gasteiger partial charge in [-0.3, -0.25) is 4.79 Å². The third-order valence-corrected chi connectivity index (χ3v) is 4.31. The van der Waals surface area contributed by atoms with Gasteiger partial charge in [0, 0.05) is 22.5 Å². The lowest BCUT2D eigenvalue weighted by molar-refractivity contribution is -0.118. The first-order valence-corrected chi connectivity index (χ1v) is 7.44. The molecule has 0 aromatic heterocycles. The van der Waals surface area contributed by atoms with Gasteiger partial charge in [-0.05, 0) is 43.4 Å². The summed E-state index contributed by atoms with van der Waals surface area (Å²) in [5, 5.41) is 0. The topological polar surface area (TPSA) is 78.3 Å². The Labute approximate surface area is 129 Å². The van der Waals surface area contributed by atoms with Gasteiger partial charge in [-0.25, -0.2) is 0 Å². The Morgan fingerprint density at radius 1 is 1.45 bits per heavy atom. The molecule has 0 spiro atoms. The fourth-order valence-corrected chi connectivity index (χ4v) is 3.13. The van der Waals surface area contributed by atoms with Crippen molar-refractivity contribution >= 4 is 21.8 Å². The molecule has 0 aliphatic heterocycles. The number of carbonyl (C=O) groups is 1. The summed E-state index contributed by atoms with van der Waals surface area (Å²) < 4.78 is 6.52. The molecular weight excluding hydrogens is 320 g/mol. The molecule has 1 aromatic rings. The largest absolute Gasteiger partial charge is 0.496 e. The van der Waals surface area contributed by atoms with Crippen molar-refractivity contribution in [2.24, 2.45) is 17.4 Å². The Morgan fingerprint density at radius 2 is 2.05 bits per heavy atom. The Bertz CT molecular complexity index is 503. The van der Waals surface area contributed by atoms with Crippen LogP contribution in [0.15, 0.2) is 10.5 Å². The fourth-order valence-electron chi connectivity index (χ4n) is 2.57. The number of rotatable bonds is 6. The summed E-state index contributed by atoms with van der Waals surface area (Å²) in [6.07, 6.45) is 1.04. The predicted molar refractivity (Wildman–Crippen MR) is 84.7 cm³/mol. The lowest BCUT2D eigenvalue weighted by Gasteiger charge is -2.23. The number of aryl methyl sites for hydroxylation is 1. The quantitative estimate of drug-likeness (QED) is 0.833. The van der Waals surface area contributed by atoms with E-state index in [9.17, 15) is 4.79 Å². The van der Waals surface area contributed by atoms with Crippen LogP contribution < -0.4 is 16.2 Å². The van der Waals surface area contributed by atoms with Gasteiger partial charge < -0.3 is 16.2 Å². The average Bonchev–Trinajstić information content (AvgIpc) is 2.31. The number of carbonyl (C=O) groups excluding carboxylic acids is 1. The molecule has 0 saturated heterocycles. The molecule has 0 heterocycles. The van der Waals surface area contributed by atoms with E-state index < -0.39 is 0 Å². The molecule has 4 nitrogen and oxygen atoms in total. The number of primary amides is 1. The minimum atomic E-state index is -0.293. The lowest BCUT2D eigenvalue weighted by atomic mass is 9.90. The third kappa shape index (κ3) is 3.96. The summed E-state index contributed by atoms with van der Waals surface area (Å²) in [6, 6.07) is 1.84. The molecule has 0 saturated carbocycles. The van der Waals surface area contributed by atoms with Gasteiger partial charge in [-0.2, -0.15) is 0 Å². The zero-order chi connectivity index (χ0) is 15.4. The van der Waals surface area contributed by atoms with Gasteiger partial charge in [-0.1, -0.05) is 22.9 Å². The maximum atomic E-state index is 11.0. The van der Waals surface area contributed by atoms with Crippen molar-refractivity contribution in [1.82, 2.24) is 0 Å². The monoisotopic (exact) mass is 342 g/mol. The van der Waals surface area contributed by atoms with Crippen molar-refractivity contribution in [2.45, 2.75) is 39.7 Å². The molecule has 112 valence electrons. The van der Waals surface area contributed by atoms with Gasteiger partial charge in [0.05, 0.1) is 7.11 Å². The second-order valence-electron chi connectivity index (χ2n) is 5.37. The molecule has 4 N–H and O–H groups in total. The summed E-state index contributed by atoms with van der Waals surface area (Å²) in [5.41, 5.74) is 14.7. The smallest absolute Gasteiger partial charge is 0.217 e. The van der Waals surface area contributed by atoms with Gasteiger partial charge in [0.1, 0.15) is 5.75 Å². The first-order valence-electron chi connectivity index (χ1n) is 6.65. The molecule has 1 rings (SSSR count). The molecule has 2 atom stereocenters. The number of hydrogen-bond acceptors (Lipinski definition) is 3. The zero-order valence-corrected chi connectivity index (χ0v) is 14.1. The van der Waals surface area contributed by atoms with Crippen LogP contribution in [0.4, 0.5) is 0 Å². The Morgan fingerprint density at radius 3 is 2.55 bits per heavy atom. The number of methoxy groups -OCH3 is 1. The molecular formula is C15H23BrN2O2. The molecule has 0 fully saturated rings. The fraction of sp³-hybridized carbons (Fsp3) is 0.533. The summed E-state index contributed by atoms with van der Waals surface area (Å²) in [4.78, 5) is 11.0. The number of halogens is 1. The van der Waals surface area contributed by atoms with Gasteiger partial charge in [0.25, 0.3) is 0 Å². The molecule has 1 amide bonds. The van der Waals surface area contributed by atoms with Crippen LogP contribution in [0.25, 0.3) is 0 Å². The normalized spacial score (nSPS) is 13.9. The SMILES string of the molecule is COc1c(C)cc(Br)c(C)c1C(N)CC(C)CC(N)=O. The van der Waals surface area contributed by atoms with Crippen LogP contribution in [0, 0.1) is 19.8 Å². The predicted octanol–water partition coefficient (Wildman–Crippen LogP) is 2.98. The van der Waals surface area contributed by atoms with Crippen LogP contribution in [0.3, 0.4) is 0 Å². The number of hydrogen-bond donors (Lipinski definition) is 2. The molecule has 2 unspecified atom stereocenters. The van der Waals surface area contributed by atoms with E-state index in [0.29, 0.717) is 12.8 Å². The molecule has 0 aliphatic carbocycles. The zero-order valence-electron chi connectivity index (χ0n) is 12.5. The molecule has 5 heteroatoms.